The van der Waals surface area contributed by atoms with E-state index in [1.54, 1.807) is 25.6 Å². The van der Waals surface area contributed by atoms with Crippen molar-refractivity contribution in [3.05, 3.63) is 35.3 Å². The van der Waals surface area contributed by atoms with Crippen molar-refractivity contribution < 1.29 is 9.47 Å². The highest BCUT2D eigenvalue weighted by Gasteiger charge is 2.12. The normalized spacial score (nSPS) is 11.1. The van der Waals surface area contributed by atoms with E-state index in [1.807, 2.05) is 18.2 Å². The third kappa shape index (κ3) is 2.64. The quantitative estimate of drug-likeness (QED) is 0.720. The number of hydrogen-bond acceptors (Lipinski definition) is 5. The van der Waals surface area contributed by atoms with E-state index in [2.05, 4.69) is 30.3 Å². The highest BCUT2D eigenvalue weighted by molar-refractivity contribution is 7.13. The van der Waals surface area contributed by atoms with Crippen LogP contribution < -0.4 is 9.47 Å². The molecule has 22 heavy (non-hydrogen) atoms. The summed E-state index contributed by atoms with van der Waals surface area (Å²) in [4.78, 5) is 9.34. The van der Waals surface area contributed by atoms with Gasteiger partial charge < -0.3 is 9.47 Å². The molecule has 0 amide bonds. The first kappa shape index (κ1) is 14.8. The fourth-order valence-corrected chi connectivity index (χ4v) is 3.11. The maximum absolute atomic E-state index is 5.39. The van der Waals surface area contributed by atoms with Gasteiger partial charge in [0, 0.05) is 17.5 Å². The standard InChI is InChI=1S/C17H17N2O2S/c1-10(2)15-9-22-17(19-15)13-6-5-12-14(18-13)7-11(20-3)8-16(12)21-4/h6-10H,1-4H3. The number of methoxy groups -OCH3 is 2. The molecule has 3 rings (SSSR count). The van der Waals surface area contributed by atoms with Crippen LogP contribution in [0.15, 0.2) is 23.6 Å². The van der Waals surface area contributed by atoms with Crippen molar-refractivity contribution in [2.24, 2.45) is 0 Å². The summed E-state index contributed by atoms with van der Waals surface area (Å²) in [6.07, 6.45) is 0. The molecule has 2 aromatic heterocycles. The van der Waals surface area contributed by atoms with Crippen molar-refractivity contribution in [3.63, 3.8) is 0 Å². The highest BCUT2D eigenvalue weighted by Crippen LogP contribution is 2.32. The Morgan fingerprint density at radius 1 is 1.14 bits per heavy atom. The number of hydrogen-bond donors (Lipinski definition) is 0. The van der Waals surface area contributed by atoms with Crippen LogP contribution in [-0.4, -0.2) is 24.2 Å². The van der Waals surface area contributed by atoms with Gasteiger partial charge in [-0.05, 0) is 18.1 Å². The van der Waals surface area contributed by atoms with E-state index < -0.39 is 0 Å². The van der Waals surface area contributed by atoms with Gasteiger partial charge in [0.1, 0.15) is 22.2 Å². The fraction of sp³-hybridized carbons (Fsp3) is 0.294. The molecule has 0 unspecified atom stereocenters. The van der Waals surface area contributed by atoms with Crippen molar-refractivity contribution in [1.29, 1.82) is 0 Å². The third-order valence-corrected chi connectivity index (χ3v) is 4.32. The van der Waals surface area contributed by atoms with E-state index in [0.717, 1.165) is 27.3 Å². The Hall–Kier alpha value is -2.14. The molecule has 1 radical (unpaired) electrons. The van der Waals surface area contributed by atoms with Crippen molar-refractivity contribution in [3.8, 4) is 22.2 Å². The van der Waals surface area contributed by atoms with Crippen LogP contribution in [-0.2, 0) is 0 Å². The Bertz CT molecular complexity index is 812. The lowest BCUT2D eigenvalue weighted by Crippen LogP contribution is -1.92. The first-order chi connectivity index (χ1) is 10.6. The maximum atomic E-state index is 5.39. The van der Waals surface area contributed by atoms with Gasteiger partial charge in [0.15, 0.2) is 0 Å². The zero-order chi connectivity index (χ0) is 15.7. The molecule has 0 aliphatic heterocycles. The monoisotopic (exact) mass is 313 g/mol. The predicted molar refractivity (Wildman–Crippen MR) is 88.9 cm³/mol. The molecule has 0 bridgehead atoms. The second kappa shape index (κ2) is 5.93. The summed E-state index contributed by atoms with van der Waals surface area (Å²) in [6.45, 7) is 4.27. The third-order valence-electron chi connectivity index (χ3n) is 3.44. The molecule has 0 spiro atoms. The van der Waals surface area contributed by atoms with Crippen molar-refractivity contribution in [2.75, 3.05) is 14.2 Å². The van der Waals surface area contributed by atoms with Gasteiger partial charge in [0.05, 0.1) is 30.8 Å². The number of fused-ring (bicyclic) bond motifs is 1. The molecule has 5 heteroatoms. The van der Waals surface area contributed by atoms with Crippen LogP contribution in [0.4, 0.5) is 0 Å². The fourth-order valence-electron chi connectivity index (χ4n) is 2.17. The van der Waals surface area contributed by atoms with Crippen molar-refractivity contribution in [1.82, 2.24) is 9.97 Å². The number of ether oxygens (including phenoxy) is 2. The molecule has 0 atom stereocenters. The zero-order valence-electron chi connectivity index (χ0n) is 13.0. The first-order valence-electron chi connectivity index (χ1n) is 7.02. The van der Waals surface area contributed by atoms with Gasteiger partial charge >= 0.3 is 0 Å². The van der Waals surface area contributed by atoms with E-state index in [1.165, 1.54) is 0 Å². The Balaban J connectivity index is 2.11. The largest absolute Gasteiger partial charge is 0.497 e. The van der Waals surface area contributed by atoms with Gasteiger partial charge in [0.2, 0.25) is 0 Å². The predicted octanol–water partition coefficient (Wildman–Crippen LogP) is 4.30. The second-order valence-corrected chi connectivity index (χ2v) is 6.10. The van der Waals surface area contributed by atoms with Crippen LogP contribution >= 0.6 is 11.3 Å². The lowest BCUT2D eigenvalue weighted by molar-refractivity contribution is 0.398. The summed E-state index contributed by atoms with van der Waals surface area (Å²) in [5.74, 6) is 1.83. The smallest absolute Gasteiger partial charge is 0.142 e. The van der Waals surface area contributed by atoms with Gasteiger partial charge in [-0.25, -0.2) is 9.97 Å². The summed E-state index contributed by atoms with van der Waals surface area (Å²) >= 11 is 1.60. The van der Waals surface area contributed by atoms with Crippen LogP contribution in [0.2, 0.25) is 0 Å². The second-order valence-electron chi connectivity index (χ2n) is 5.24. The Morgan fingerprint density at radius 3 is 2.59 bits per heavy atom. The number of rotatable bonds is 4. The molecule has 113 valence electrons. The van der Waals surface area contributed by atoms with Gasteiger partial charge in [0.25, 0.3) is 0 Å². The van der Waals surface area contributed by atoms with Gasteiger partial charge in [-0.2, -0.15) is 0 Å². The molecular weight excluding hydrogens is 296 g/mol. The van der Waals surface area contributed by atoms with Crippen molar-refractivity contribution >= 4 is 22.2 Å². The van der Waals surface area contributed by atoms with Crippen LogP contribution in [0.1, 0.15) is 25.5 Å². The minimum Gasteiger partial charge on any atom is -0.497 e. The van der Waals surface area contributed by atoms with Crippen molar-refractivity contribution in [2.45, 2.75) is 19.8 Å². The van der Waals surface area contributed by atoms with E-state index >= 15 is 0 Å². The first-order valence-corrected chi connectivity index (χ1v) is 7.90. The van der Waals surface area contributed by atoms with Crippen LogP contribution in [0.3, 0.4) is 0 Å². The average Bonchev–Trinajstić information content (AvgIpc) is 3.03. The lowest BCUT2D eigenvalue weighted by Gasteiger charge is -2.08. The van der Waals surface area contributed by atoms with Gasteiger partial charge in [-0.1, -0.05) is 13.8 Å². The molecular formula is C17H17N2O2S. The van der Waals surface area contributed by atoms with Crippen LogP contribution in [0.25, 0.3) is 21.6 Å². The Kier molecular flexibility index (Phi) is 3.98. The number of aromatic nitrogens is 2. The molecule has 3 aromatic rings. The summed E-state index contributed by atoms with van der Waals surface area (Å²) in [6, 6.07) is 8.83. The SMILES string of the molecule is COc1cc(OC)c2[c]cc(-c3nc(C(C)C)cs3)nc2c1. The Morgan fingerprint density at radius 2 is 1.95 bits per heavy atom. The minimum atomic E-state index is 0.412. The number of thiazole rings is 1. The molecule has 0 aliphatic carbocycles. The van der Waals surface area contributed by atoms with Crippen LogP contribution in [0.5, 0.6) is 11.5 Å². The van der Waals surface area contributed by atoms with E-state index in [4.69, 9.17) is 14.5 Å². The van der Waals surface area contributed by atoms with Crippen LogP contribution in [0, 0.1) is 6.07 Å². The molecule has 4 nitrogen and oxygen atoms in total. The molecule has 0 aliphatic rings. The lowest BCUT2D eigenvalue weighted by atomic mass is 10.1. The minimum absolute atomic E-state index is 0.412. The average molecular weight is 313 g/mol. The summed E-state index contributed by atoms with van der Waals surface area (Å²) in [5, 5.41) is 3.83. The molecule has 2 heterocycles. The molecule has 1 aromatic carbocycles. The number of pyridine rings is 1. The molecule has 0 saturated carbocycles. The molecule has 0 fully saturated rings. The maximum Gasteiger partial charge on any atom is 0.142 e. The van der Waals surface area contributed by atoms with Gasteiger partial charge in [-0.3, -0.25) is 0 Å². The summed E-state index contributed by atoms with van der Waals surface area (Å²) in [7, 11) is 3.26. The van der Waals surface area contributed by atoms with E-state index in [0.29, 0.717) is 17.4 Å². The molecule has 0 saturated heterocycles. The van der Waals surface area contributed by atoms with Gasteiger partial charge in [-0.15, -0.1) is 11.3 Å². The molecule has 0 N–H and O–H groups in total. The topological polar surface area (TPSA) is 44.2 Å². The van der Waals surface area contributed by atoms with E-state index in [9.17, 15) is 0 Å². The number of nitrogens with zero attached hydrogens (tertiary/aromatic N) is 2. The summed E-state index contributed by atoms with van der Waals surface area (Å²) < 4.78 is 10.7. The highest BCUT2D eigenvalue weighted by atomic mass is 32.1. The zero-order valence-corrected chi connectivity index (χ0v) is 13.8. The number of benzene rings is 1. The summed E-state index contributed by atoms with van der Waals surface area (Å²) in [5.41, 5.74) is 2.69. The van der Waals surface area contributed by atoms with E-state index in [-0.39, 0.29) is 0 Å². The Labute approximate surface area is 133 Å².